The Labute approximate surface area is 140 Å². The number of aliphatic hydroxyl groups excluding tert-OH is 1. The lowest BCUT2D eigenvalue weighted by Crippen LogP contribution is -2.00. The number of hydrogen-bond donors (Lipinski definition) is 1. The molecule has 0 saturated heterocycles. The Kier molecular flexibility index (Phi) is 3.66. The van der Waals surface area contributed by atoms with Crippen molar-refractivity contribution in [2.45, 2.75) is 0 Å². The van der Waals surface area contributed by atoms with Crippen LogP contribution in [0.25, 0.3) is 11.3 Å². The number of fused-ring (bicyclic) bond motifs is 1. The molecule has 0 radical (unpaired) electrons. The lowest BCUT2D eigenvalue weighted by Gasteiger charge is -2.09. The topological polar surface area (TPSA) is 37.3 Å². The fraction of sp³-hybridized carbons (Fsp3) is 0. The van der Waals surface area contributed by atoms with Crippen LogP contribution in [-0.4, -0.2) is 10.9 Å². The number of halogens is 4. The van der Waals surface area contributed by atoms with Crippen molar-refractivity contribution in [2.75, 3.05) is 0 Å². The van der Waals surface area contributed by atoms with E-state index in [-0.39, 0.29) is 42.5 Å². The van der Waals surface area contributed by atoms with Gasteiger partial charge in [0.25, 0.3) is 0 Å². The van der Waals surface area contributed by atoms with Gasteiger partial charge in [-0.25, -0.2) is 0 Å². The van der Waals surface area contributed by atoms with Crippen molar-refractivity contribution in [1.29, 1.82) is 0 Å². The van der Waals surface area contributed by atoms with Gasteiger partial charge in [-0.05, 0) is 5.56 Å². The largest absolute Gasteiger partial charge is 0.506 e. The number of carbonyl (C=O) groups is 1. The number of rotatable bonds is 1. The maximum atomic E-state index is 12.6. The highest BCUT2D eigenvalue weighted by Gasteiger charge is 2.37. The summed E-state index contributed by atoms with van der Waals surface area (Å²) < 4.78 is 0. The number of hydrogen-bond acceptors (Lipinski definition) is 2. The van der Waals surface area contributed by atoms with E-state index >= 15 is 0 Å². The van der Waals surface area contributed by atoms with Gasteiger partial charge in [0.05, 0.1) is 36.8 Å². The van der Waals surface area contributed by atoms with E-state index in [0.29, 0.717) is 5.56 Å². The second kappa shape index (κ2) is 5.22. The number of ketones is 1. The van der Waals surface area contributed by atoms with Gasteiger partial charge in [-0.2, -0.15) is 0 Å². The minimum Gasteiger partial charge on any atom is -0.506 e. The molecular weight excluding hydrogens is 354 g/mol. The molecule has 106 valence electrons. The molecule has 0 amide bonds. The van der Waals surface area contributed by atoms with Crippen LogP contribution in [0.1, 0.15) is 21.5 Å². The van der Waals surface area contributed by atoms with Crippen LogP contribution in [0.5, 0.6) is 0 Å². The summed E-state index contributed by atoms with van der Waals surface area (Å²) in [6, 6.07) is 8.74. The standard InChI is InChI=1S/C15H6Cl4O2/c16-10-8-9(11(17)13(19)12(10)18)15(21)7(14(8)20)6-4-2-1-3-5-6/h1-5,20H. The number of benzene rings is 2. The van der Waals surface area contributed by atoms with Crippen molar-refractivity contribution < 1.29 is 9.90 Å². The quantitative estimate of drug-likeness (QED) is 0.506. The fourth-order valence-corrected chi connectivity index (χ4v) is 3.33. The molecule has 2 aromatic carbocycles. The molecule has 3 rings (SSSR count). The maximum Gasteiger partial charge on any atom is 0.199 e. The number of allylic oxidation sites excluding steroid dienone is 1. The van der Waals surface area contributed by atoms with E-state index in [4.69, 9.17) is 46.4 Å². The second-order valence-corrected chi connectivity index (χ2v) is 5.94. The molecule has 6 heteroatoms. The Morgan fingerprint density at radius 2 is 1.29 bits per heavy atom. The second-order valence-electron chi connectivity index (χ2n) is 4.42. The van der Waals surface area contributed by atoms with Gasteiger partial charge in [-0.15, -0.1) is 0 Å². The first-order valence-corrected chi connectivity index (χ1v) is 7.36. The van der Waals surface area contributed by atoms with Gasteiger partial charge in [-0.3, -0.25) is 4.79 Å². The van der Waals surface area contributed by atoms with Crippen LogP contribution < -0.4 is 0 Å². The summed E-state index contributed by atoms with van der Waals surface area (Å²) >= 11 is 24.2. The smallest absolute Gasteiger partial charge is 0.199 e. The highest BCUT2D eigenvalue weighted by Crippen LogP contribution is 2.49. The molecule has 2 aromatic rings. The van der Waals surface area contributed by atoms with Gasteiger partial charge in [-0.1, -0.05) is 76.7 Å². The summed E-state index contributed by atoms with van der Waals surface area (Å²) in [6.45, 7) is 0. The lowest BCUT2D eigenvalue weighted by molar-refractivity contribution is 0.105. The highest BCUT2D eigenvalue weighted by atomic mass is 35.5. The first kappa shape index (κ1) is 14.7. The average Bonchev–Trinajstić information content (AvgIpc) is 2.75. The first-order valence-electron chi connectivity index (χ1n) is 5.84. The van der Waals surface area contributed by atoms with Crippen molar-refractivity contribution in [3.8, 4) is 0 Å². The van der Waals surface area contributed by atoms with Crippen LogP contribution in [-0.2, 0) is 0 Å². The molecule has 1 N–H and O–H groups in total. The van der Waals surface area contributed by atoms with E-state index in [9.17, 15) is 9.90 Å². The van der Waals surface area contributed by atoms with Crippen LogP contribution >= 0.6 is 46.4 Å². The zero-order chi connectivity index (χ0) is 15.3. The van der Waals surface area contributed by atoms with E-state index < -0.39 is 5.78 Å². The Morgan fingerprint density at radius 1 is 0.762 bits per heavy atom. The fourth-order valence-electron chi connectivity index (χ4n) is 2.30. The molecule has 0 bridgehead atoms. The summed E-state index contributed by atoms with van der Waals surface area (Å²) in [5.41, 5.74) is 0.899. The normalized spacial score (nSPS) is 13.8. The van der Waals surface area contributed by atoms with Crippen LogP contribution in [0.4, 0.5) is 0 Å². The van der Waals surface area contributed by atoms with Crippen molar-refractivity contribution in [3.05, 3.63) is 67.1 Å². The van der Waals surface area contributed by atoms with Crippen molar-refractivity contribution >= 4 is 63.5 Å². The molecule has 1 aliphatic rings. The number of carbonyl (C=O) groups excluding carboxylic acids is 1. The highest BCUT2D eigenvalue weighted by molar-refractivity contribution is 6.56. The molecule has 0 aliphatic heterocycles. The number of aliphatic hydroxyl groups is 1. The van der Waals surface area contributed by atoms with Gasteiger partial charge >= 0.3 is 0 Å². The van der Waals surface area contributed by atoms with E-state index in [0.717, 1.165) is 0 Å². The summed E-state index contributed by atoms with van der Waals surface area (Å²) in [7, 11) is 0. The molecule has 21 heavy (non-hydrogen) atoms. The Hall–Kier alpha value is -1.19. The molecule has 0 atom stereocenters. The first-order chi connectivity index (χ1) is 9.95. The molecule has 0 spiro atoms. The van der Waals surface area contributed by atoms with Gasteiger partial charge in [0.15, 0.2) is 5.78 Å². The minimum absolute atomic E-state index is 0.00227. The van der Waals surface area contributed by atoms with Gasteiger partial charge in [0, 0.05) is 0 Å². The SMILES string of the molecule is O=C1C(c2ccccc2)=C(O)c2c(Cl)c(Cl)c(Cl)c(Cl)c21. The predicted molar refractivity (Wildman–Crippen MR) is 86.7 cm³/mol. The molecule has 0 unspecified atom stereocenters. The average molecular weight is 360 g/mol. The molecular formula is C15H6Cl4O2. The zero-order valence-corrected chi connectivity index (χ0v) is 13.3. The monoisotopic (exact) mass is 358 g/mol. The Morgan fingerprint density at radius 3 is 1.86 bits per heavy atom. The van der Waals surface area contributed by atoms with Gasteiger partial charge in [0.1, 0.15) is 5.76 Å². The predicted octanol–water partition coefficient (Wildman–Crippen LogP) is 5.92. The molecule has 1 aliphatic carbocycles. The summed E-state index contributed by atoms with van der Waals surface area (Å²) in [5, 5.41) is 10.4. The molecule has 0 aromatic heterocycles. The third-order valence-electron chi connectivity index (χ3n) is 3.26. The maximum absolute atomic E-state index is 12.6. The molecule has 0 heterocycles. The van der Waals surface area contributed by atoms with E-state index in [1.807, 2.05) is 0 Å². The van der Waals surface area contributed by atoms with Crippen LogP contribution in [0.2, 0.25) is 20.1 Å². The van der Waals surface area contributed by atoms with Crippen LogP contribution in [0.15, 0.2) is 30.3 Å². The molecule has 0 saturated carbocycles. The zero-order valence-electron chi connectivity index (χ0n) is 10.3. The molecule has 2 nitrogen and oxygen atoms in total. The third-order valence-corrected chi connectivity index (χ3v) is 5.06. The lowest BCUT2D eigenvalue weighted by atomic mass is 10.0. The Bertz CT molecular complexity index is 810. The van der Waals surface area contributed by atoms with Gasteiger partial charge in [0.2, 0.25) is 0 Å². The van der Waals surface area contributed by atoms with E-state index in [1.165, 1.54) is 0 Å². The van der Waals surface area contributed by atoms with Crippen LogP contribution in [0.3, 0.4) is 0 Å². The third kappa shape index (κ3) is 2.06. The summed E-state index contributed by atoms with van der Waals surface area (Å²) in [6.07, 6.45) is 0. The van der Waals surface area contributed by atoms with Crippen molar-refractivity contribution in [2.24, 2.45) is 0 Å². The van der Waals surface area contributed by atoms with Crippen molar-refractivity contribution in [1.82, 2.24) is 0 Å². The van der Waals surface area contributed by atoms with E-state index in [2.05, 4.69) is 0 Å². The number of Topliss-reactive ketones (excluding diaryl/α,β-unsaturated/α-hetero) is 1. The van der Waals surface area contributed by atoms with Gasteiger partial charge < -0.3 is 5.11 Å². The van der Waals surface area contributed by atoms with E-state index in [1.54, 1.807) is 30.3 Å². The van der Waals surface area contributed by atoms with Crippen LogP contribution in [0, 0.1) is 0 Å². The summed E-state index contributed by atoms with van der Waals surface area (Å²) in [5.74, 6) is -0.675. The van der Waals surface area contributed by atoms with Crippen molar-refractivity contribution in [3.63, 3.8) is 0 Å². The summed E-state index contributed by atoms with van der Waals surface area (Å²) in [4.78, 5) is 12.6. The Balaban J connectivity index is 2.35. The molecule has 0 fully saturated rings. The minimum atomic E-state index is -0.431.